The Labute approximate surface area is 106 Å². The fourth-order valence-corrected chi connectivity index (χ4v) is 1.92. The molecule has 0 aromatic carbocycles. The molecule has 17 heavy (non-hydrogen) atoms. The second kappa shape index (κ2) is 6.84. The summed E-state index contributed by atoms with van der Waals surface area (Å²) < 4.78 is 0. The van der Waals surface area contributed by atoms with E-state index in [4.69, 9.17) is 5.73 Å². The van der Waals surface area contributed by atoms with Crippen molar-refractivity contribution >= 4 is 5.96 Å². The van der Waals surface area contributed by atoms with Crippen LogP contribution in [-0.2, 0) is 0 Å². The first-order chi connectivity index (χ1) is 8.00. The van der Waals surface area contributed by atoms with Gasteiger partial charge in [-0.3, -0.25) is 4.99 Å². The molecule has 1 heterocycles. The van der Waals surface area contributed by atoms with Gasteiger partial charge in [-0.05, 0) is 39.7 Å². The van der Waals surface area contributed by atoms with E-state index in [1.54, 1.807) is 0 Å². The molecule has 0 saturated carbocycles. The smallest absolute Gasteiger partial charge is 0.191 e. The quantitative estimate of drug-likeness (QED) is 0.596. The summed E-state index contributed by atoms with van der Waals surface area (Å²) in [5.41, 5.74) is 6.01. The fourth-order valence-electron chi connectivity index (χ4n) is 1.92. The minimum absolute atomic E-state index is 0.572. The molecular formula is C13H28N4. The van der Waals surface area contributed by atoms with E-state index in [1.807, 2.05) is 0 Å². The summed E-state index contributed by atoms with van der Waals surface area (Å²) in [6.45, 7) is 10.6. The normalized spacial score (nSPS) is 19.4. The Balaban J connectivity index is 2.29. The van der Waals surface area contributed by atoms with Crippen LogP contribution in [0.25, 0.3) is 0 Å². The van der Waals surface area contributed by atoms with Crippen molar-refractivity contribution in [2.24, 2.45) is 16.6 Å². The van der Waals surface area contributed by atoms with Crippen LogP contribution in [0.1, 0.15) is 33.6 Å². The SMILES string of the molecule is CC1CCN(C(N)=NCCN(C)C(C)C)CC1. The molecule has 0 unspecified atom stereocenters. The van der Waals surface area contributed by atoms with Crippen LogP contribution >= 0.6 is 0 Å². The highest BCUT2D eigenvalue weighted by Gasteiger charge is 2.16. The van der Waals surface area contributed by atoms with Crippen molar-refractivity contribution in [2.45, 2.75) is 39.7 Å². The highest BCUT2D eigenvalue weighted by molar-refractivity contribution is 5.78. The zero-order valence-corrected chi connectivity index (χ0v) is 11.8. The molecule has 0 amide bonds. The lowest BCUT2D eigenvalue weighted by molar-refractivity contribution is 0.272. The largest absolute Gasteiger partial charge is 0.370 e. The van der Waals surface area contributed by atoms with Gasteiger partial charge in [0.15, 0.2) is 5.96 Å². The predicted molar refractivity (Wildman–Crippen MR) is 74.2 cm³/mol. The van der Waals surface area contributed by atoms with Crippen LogP contribution in [0.3, 0.4) is 0 Å². The van der Waals surface area contributed by atoms with Gasteiger partial charge in [0.05, 0.1) is 6.54 Å². The van der Waals surface area contributed by atoms with E-state index in [2.05, 4.69) is 42.6 Å². The number of likely N-dealkylation sites (tertiary alicyclic amines) is 1. The molecule has 2 N–H and O–H groups in total. The summed E-state index contributed by atoms with van der Waals surface area (Å²) in [6, 6.07) is 0.572. The summed E-state index contributed by atoms with van der Waals surface area (Å²) in [7, 11) is 2.12. The Morgan fingerprint density at radius 1 is 1.41 bits per heavy atom. The second-order valence-corrected chi connectivity index (χ2v) is 5.48. The summed E-state index contributed by atoms with van der Waals surface area (Å²) >= 11 is 0. The molecule has 1 rings (SSSR count). The lowest BCUT2D eigenvalue weighted by Gasteiger charge is -2.31. The Morgan fingerprint density at radius 3 is 2.53 bits per heavy atom. The average Bonchev–Trinajstić information content (AvgIpc) is 2.29. The van der Waals surface area contributed by atoms with Gasteiger partial charge in [0.1, 0.15) is 0 Å². The molecule has 1 aliphatic rings. The Morgan fingerprint density at radius 2 is 2.00 bits per heavy atom. The molecule has 4 heteroatoms. The fraction of sp³-hybridized carbons (Fsp3) is 0.923. The van der Waals surface area contributed by atoms with E-state index in [1.165, 1.54) is 12.8 Å². The molecule has 0 bridgehead atoms. The first-order valence-corrected chi connectivity index (χ1v) is 6.75. The van der Waals surface area contributed by atoms with Crippen LogP contribution in [0, 0.1) is 5.92 Å². The van der Waals surface area contributed by atoms with Gasteiger partial charge in [-0.25, -0.2) is 0 Å². The lowest BCUT2D eigenvalue weighted by Crippen LogP contribution is -2.43. The molecule has 1 fully saturated rings. The van der Waals surface area contributed by atoms with Crippen molar-refractivity contribution in [1.82, 2.24) is 9.80 Å². The Kier molecular flexibility index (Phi) is 5.75. The van der Waals surface area contributed by atoms with Crippen LogP contribution in [0.2, 0.25) is 0 Å². The lowest BCUT2D eigenvalue weighted by atomic mass is 10.00. The molecular weight excluding hydrogens is 212 g/mol. The molecule has 100 valence electrons. The second-order valence-electron chi connectivity index (χ2n) is 5.48. The minimum Gasteiger partial charge on any atom is -0.370 e. The molecule has 4 nitrogen and oxygen atoms in total. The molecule has 0 aliphatic carbocycles. The number of likely N-dealkylation sites (N-methyl/N-ethyl adjacent to an activating group) is 1. The van der Waals surface area contributed by atoms with E-state index in [0.29, 0.717) is 6.04 Å². The topological polar surface area (TPSA) is 44.9 Å². The number of piperidine rings is 1. The highest BCUT2D eigenvalue weighted by atomic mass is 15.3. The molecule has 1 saturated heterocycles. The van der Waals surface area contributed by atoms with Crippen molar-refractivity contribution < 1.29 is 0 Å². The molecule has 0 atom stereocenters. The molecule has 1 aliphatic heterocycles. The van der Waals surface area contributed by atoms with E-state index in [-0.39, 0.29) is 0 Å². The van der Waals surface area contributed by atoms with E-state index < -0.39 is 0 Å². The maximum Gasteiger partial charge on any atom is 0.191 e. The zero-order valence-electron chi connectivity index (χ0n) is 11.8. The van der Waals surface area contributed by atoms with Gasteiger partial charge in [0.25, 0.3) is 0 Å². The van der Waals surface area contributed by atoms with Gasteiger partial charge in [-0.2, -0.15) is 0 Å². The number of nitrogens with zero attached hydrogens (tertiary/aromatic N) is 3. The third-order valence-corrected chi connectivity index (χ3v) is 3.72. The summed E-state index contributed by atoms with van der Waals surface area (Å²) in [5.74, 6) is 1.57. The number of rotatable bonds is 4. The van der Waals surface area contributed by atoms with Gasteiger partial charge in [-0.15, -0.1) is 0 Å². The summed E-state index contributed by atoms with van der Waals surface area (Å²) in [6.07, 6.45) is 2.48. The number of aliphatic imine (C=N–C) groups is 1. The van der Waals surface area contributed by atoms with Crippen molar-refractivity contribution in [1.29, 1.82) is 0 Å². The maximum atomic E-state index is 6.01. The van der Waals surface area contributed by atoms with E-state index in [0.717, 1.165) is 38.1 Å². The van der Waals surface area contributed by atoms with Crippen LogP contribution in [0.4, 0.5) is 0 Å². The molecule has 0 aromatic rings. The highest BCUT2D eigenvalue weighted by Crippen LogP contribution is 2.15. The van der Waals surface area contributed by atoms with Crippen molar-refractivity contribution in [2.75, 3.05) is 33.2 Å². The molecule has 0 aromatic heterocycles. The van der Waals surface area contributed by atoms with E-state index >= 15 is 0 Å². The molecule has 0 spiro atoms. The third-order valence-electron chi connectivity index (χ3n) is 3.72. The first kappa shape index (κ1) is 14.3. The molecule has 0 radical (unpaired) electrons. The Bertz CT molecular complexity index is 242. The van der Waals surface area contributed by atoms with Gasteiger partial charge in [-0.1, -0.05) is 6.92 Å². The Hall–Kier alpha value is -0.770. The zero-order chi connectivity index (χ0) is 12.8. The number of hydrogen-bond acceptors (Lipinski definition) is 2. The van der Waals surface area contributed by atoms with Crippen LogP contribution in [0.15, 0.2) is 4.99 Å². The summed E-state index contributed by atoms with van der Waals surface area (Å²) in [4.78, 5) is 8.98. The van der Waals surface area contributed by atoms with Gasteiger partial charge in [0, 0.05) is 25.7 Å². The number of hydrogen-bond donors (Lipinski definition) is 1. The third kappa shape index (κ3) is 4.94. The van der Waals surface area contributed by atoms with Gasteiger partial charge < -0.3 is 15.5 Å². The minimum atomic E-state index is 0.572. The first-order valence-electron chi connectivity index (χ1n) is 6.75. The predicted octanol–water partition coefficient (Wildman–Crippen LogP) is 1.37. The standard InChI is InChI=1S/C13H28N4/c1-11(2)16(4)10-7-15-13(14)17-8-5-12(3)6-9-17/h11-12H,5-10H2,1-4H3,(H2,14,15). The van der Waals surface area contributed by atoms with Gasteiger partial charge >= 0.3 is 0 Å². The van der Waals surface area contributed by atoms with E-state index in [9.17, 15) is 0 Å². The van der Waals surface area contributed by atoms with Crippen molar-refractivity contribution in [3.05, 3.63) is 0 Å². The maximum absolute atomic E-state index is 6.01. The van der Waals surface area contributed by atoms with Crippen LogP contribution < -0.4 is 5.73 Å². The van der Waals surface area contributed by atoms with Gasteiger partial charge in [0.2, 0.25) is 0 Å². The summed E-state index contributed by atoms with van der Waals surface area (Å²) in [5, 5.41) is 0. The average molecular weight is 240 g/mol. The number of nitrogens with two attached hydrogens (primary N) is 1. The van der Waals surface area contributed by atoms with Crippen molar-refractivity contribution in [3.63, 3.8) is 0 Å². The van der Waals surface area contributed by atoms with Crippen molar-refractivity contribution in [3.8, 4) is 0 Å². The van der Waals surface area contributed by atoms with Crippen LogP contribution in [0.5, 0.6) is 0 Å². The number of guanidine groups is 1. The monoisotopic (exact) mass is 240 g/mol. The van der Waals surface area contributed by atoms with Crippen LogP contribution in [-0.4, -0.2) is 55.0 Å².